The van der Waals surface area contributed by atoms with Gasteiger partial charge in [-0.1, -0.05) is 0 Å². The Morgan fingerprint density at radius 2 is 2.14 bits per heavy atom. The van der Waals surface area contributed by atoms with Gasteiger partial charge in [0.05, 0.1) is 12.2 Å². The van der Waals surface area contributed by atoms with Crippen molar-refractivity contribution >= 4 is 17.6 Å². The van der Waals surface area contributed by atoms with Crippen LogP contribution in [0.25, 0.3) is 0 Å². The number of aromatic nitrogens is 2. The molecule has 0 aliphatic carbocycles. The largest absolute Gasteiger partial charge is 0.478 e. The van der Waals surface area contributed by atoms with Crippen molar-refractivity contribution in [3.8, 4) is 5.88 Å². The molecule has 0 spiro atoms. The van der Waals surface area contributed by atoms with E-state index in [0.29, 0.717) is 23.9 Å². The summed E-state index contributed by atoms with van der Waals surface area (Å²) in [5.74, 6) is -1.48. The van der Waals surface area contributed by atoms with Crippen LogP contribution in [0.5, 0.6) is 5.88 Å². The van der Waals surface area contributed by atoms with Crippen molar-refractivity contribution in [2.45, 2.75) is 13.8 Å². The molecule has 0 aliphatic rings. The first-order valence-electron chi connectivity index (χ1n) is 6.28. The van der Waals surface area contributed by atoms with Crippen LogP contribution in [0.2, 0.25) is 0 Å². The summed E-state index contributed by atoms with van der Waals surface area (Å²) in [5.41, 5.74) is 0.657. The van der Waals surface area contributed by atoms with Gasteiger partial charge < -0.3 is 15.2 Å². The van der Waals surface area contributed by atoms with E-state index >= 15 is 0 Å². The lowest BCUT2D eigenvalue weighted by Crippen LogP contribution is -2.04. The molecule has 0 bridgehead atoms. The number of nitrogens with one attached hydrogen (secondary N) is 1. The fraction of sp³-hybridized carbons (Fsp3) is 0.214. The fourth-order valence-corrected chi connectivity index (χ4v) is 1.71. The number of rotatable bonds is 5. The quantitative estimate of drug-likeness (QED) is 0.881. The van der Waals surface area contributed by atoms with E-state index in [0.717, 1.165) is 6.07 Å². The van der Waals surface area contributed by atoms with Crippen molar-refractivity contribution in [2.75, 3.05) is 11.9 Å². The molecule has 0 radical (unpaired) electrons. The van der Waals surface area contributed by atoms with E-state index in [1.54, 1.807) is 13.0 Å². The number of ether oxygens (including phenoxy) is 1. The van der Waals surface area contributed by atoms with Gasteiger partial charge >= 0.3 is 5.97 Å². The Morgan fingerprint density at radius 3 is 2.76 bits per heavy atom. The number of carboxylic acids is 1. The highest BCUT2D eigenvalue weighted by Crippen LogP contribution is 2.19. The maximum atomic E-state index is 13.6. The zero-order valence-corrected chi connectivity index (χ0v) is 11.6. The van der Waals surface area contributed by atoms with E-state index in [1.165, 1.54) is 12.1 Å². The molecule has 1 aromatic heterocycles. The Labute approximate surface area is 120 Å². The molecule has 0 saturated carbocycles. The monoisotopic (exact) mass is 291 g/mol. The molecule has 1 aromatic carbocycles. The molecule has 6 nitrogen and oxygen atoms in total. The number of carbonyl (C=O) groups is 1. The van der Waals surface area contributed by atoms with Crippen LogP contribution in [-0.2, 0) is 0 Å². The summed E-state index contributed by atoms with van der Waals surface area (Å²) in [7, 11) is 0. The number of aromatic carboxylic acids is 1. The van der Waals surface area contributed by atoms with Crippen LogP contribution in [0.15, 0.2) is 24.3 Å². The first-order chi connectivity index (χ1) is 9.99. The maximum absolute atomic E-state index is 13.6. The van der Waals surface area contributed by atoms with Gasteiger partial charge in [-0.2, -0.15) is 4.98 Å². The highest BCUT2D eigenvalue weighted by atomic mass is 19.1. The molecule has 0 unspecified atom stereocenters. The molecular weight excluding hydrogens is 277 g/mol. The number of hydrogen-bond donors (Lipinski definition) is 2. The van der Waals surface area contributed by atoms with E-state index in [1.807, 2.05) is 6.92 Å². The van der Waals surface area contributed by atoms with Crippen molar-refractivity contribution in [1.29, 1.82) is 0 Å². The van der Waals surface area contributed by atoms with E-state index in [9.17, 15) is 9.18 Å². The summed E-state index contributed by atoms with van der Waals surface area (Å²) in [6.45, 7) is 4.09. The van der Waals surface area contributed by atoms with Crippen molar-refractivity contribution in [3.63, 3.8) is 0 Å². The Balaban J connectivity index is 2.25. The summed E-state index contributed by atoms with van der Waals surface area (Å²) >= 11 is 0. The topological polar surface area (TPSA) is 84.3 Å². The normalized spacial score (nSPS) is 10.2. The molecule has 0 atom stereocenters. The van der Waals surface area contributed by atoms with Gasteiger partial charge in [0.1, 0.15) is 5.82 Å². The number of nitrogens with zero attached hydrogens (tertiary/aromatic N) is 2. The smallest absolute Gasteiger partial charge is 0.338 e. The predicted octanol–water partition coefficient (Wildman–Crippen LogP) is 2.76. The van der Waals surface area contributed by atoms with Crippen molar-refractivity contribution in [2.24, 2.45) is 0 Å². The number of benzene rings is 1. The summed E-state index contributed by atoms with van der Waals surface area (Å²) in [6, 6.07) is 5.39. The number of hydrogen-bond acceptors (Lipinski definition) is 5. The summed E-state index contributed by atoms with van der Waals surface area (Å²) in [4.78, 5) is 19.0. The second kappa shape index (κ2) is 6.17. The third-order valence-electron chi connectivity index (χ3n) is 2.58. The minimum Gasteiger partial charge on any atom is -0.478 e. The van der Waals surface area contributed by atoms with Crippen molar-refractivity contribution in [3.05, 3.63) is 41.3 Å². The SMILES string of the molecule is CCOc1cc(C)nc(Nc2ccc(C(=O)O)c(F)c2)n1. The maximum Gasteiger partial charge on any atom is 0.338 e. The molecule has 0 fully saturated rings. The highest BCUT2D eigenvalue weighted by Gasteiger charge is 2.11. The third-order valence-corrected chi connectivity index (χ3v) is 2.58. The predicted molar refractivity (Wildman–Crippen MR) is 74.6 cm³/mol. The number of halogens is 1. The van der Waals surface area contributed by atoms with Crippen LogP contribution in [0.4, 0.5) is 16.0 Å². The molecule has 2 rings (SSSR count). The molecule has 0 aliphatic heterocycles. The second-order valence-corrected chi connectivity index (χ2v) is 4.23. The molecule has 2 aromatic rings. The lowest BCUT2D eigenvalue weighted by Gasteiger charge is -2.09. The molecule has 0 saturated heterocycles. The lowest BCUT2D eigenvalue weighted by atomic mass is 10.2. The van der Waals surface area contributed by atoms with Gasteiger partial charge in [-0.3, -0.25) is 0 Å². The molecule has 7 heteroatoms. The van der Waals surface area contributed by atoms with E-state index < -0.39 is 11.8 Å². The number of aryl methyl sites for hydroxylation is 1. The van der Waals surface area contributed by atoms with Gasteiger partial charge in [0.15, 0.2) is 0 Å². The van der Waals surface area contributed by atoms with E-state index in [-0.39, 0.29) is 11.5 Å². The van der Waals surface area contributed by atoms with E-state index in [2.05, 4.69) is 15.3 Å². The van der Waals surface area contributed by atoms with Gasteiger partial charge in [0, 0.05) is 17.4 Å². The molecule has 110 valence electrons. The summed E-state index contributed by atoms with van der Waals surface area (Å²) < 4.78 is 18.9. The standard InChI is InChI=1S/C14H14FN3O3/c1-3-21-12-6-8(2)16-14(18-12)17-9-4-5-10(13(19)20)11(15)7-9/h4-7H,3H2,1-2H3,(H,19,20)(H,16,17,18). The zero-order chi connectivity index (χ0) is 15.4. The molecule has 21 heavy (non-hydrogen) atoms. The minimum atomic E-state index is -1.32. The van der Waals surface area contributed by atoms with Crippen LogP contribution >= 0.6 is 0 Å². The van der Waals surface area contributed by atoms with Crippen LogP contribution < -0.4 is 10.1 Å². The Kier molecular flexibility index (Phi) is 4.32. The highest BCUT2D eigenvalue weighted by molar-refractivity contribution is 5.88. The number of anilines is 2. The Morgan fingerprint density at radius 1 is 1.38 bits per heavy atom. The van der Waals surface area contributed by atoms with Crippen LogP contribution in [-0.4, -0.2) is 27.7 Å². The number of carboxylic acid groups (broad SMARTS) is 1. The summed E-state index contributed by atoms with van der Waals surface area (Å²) in [5, 5.41) is 11.6. The molecular formula is C14H14FN3O3. The van der Waals surface area contributed by atoms with Crippen LogP contribution in [0.3, 0.4) is 0 Å². The van der Waals surface area contributed by atoms with Crippen LogP contribution in [0.1, 0.15) is 23.0 Å². The van der Waals surface area contributed by atoms with Gasteiger partial charge in [-0.25, -0.2) is 14.2 Å². The molecule has 0 amide bonds. The average molecular weight is 291 g/mol. The van der Waals surface area contributed by atoms with Gasteiger partial charge in [0.2, 0.25) is 11.8 Å². The minimum absolute atomic E-state index is 0.251. The molecule has 1 heterocycles. The third kappa shape index (κ3) is 3.65. The van der Waals surface area contributed by atoms with Crippen LogP contribution in [0, 0.1) is 12.7 Å². The van der Waals surface area contributed by atoms with Crippen molar-refractivity contribution < 1.29 is 19.0 Å². The molecule has 2 N–H and O–H groups in total. The van der Waals surface area contributed by atoms with E-state index in [4.69, 9.17) is 9.84 Å². The first kappa shape index (κ1) is 14.7. The van der Waals surface area contributed by atoms with Crippen molar-refractivity contribution in [1.82, 2.24) is 9.97 Å². The Hall–Kier alpha value is -2.70. The van der Waals surface area contributed by atoms with Gasteiger partial charge in [-0.15, -0.1) is 0 Å². The van der Waals surface area contributed by atoms with Gasteiger partial charge in [0.25, 0.3) is 0 Å². The summed E-state index contributed by atoms with van der Waals surface area (Å²) in [6.07, 6.45) is 0. The average Bonchev–Trinajstić information content (AvgIpc) is 2.37. The van der Waals surface area contributed by atoms with Gasteiger partial charge in [-0.05, 0) is 32.0 Å². The lowest BCUT2D eigenvalue weighted by molar-refractivity contribution is 0.0692. The second-order valence-electron chi connectivity index (χ2n) is 4.23. The first-order valence-corrected chi connectivity index (χ1v) is 6.28. The Bertz CT molecular complexity index is 677. The fourth-order valence-electron chi connectivity index (χ4n) is 1.71. The zero-order valence-electron chi connectivity index (χ0n) is 11.6.